The van der Waals surface area contributed by atoms with Gasteiger partial charge in [0.05, 0.1) is 16.4 Å². The summed E-state index contributed by atoms with van der Waals surface area (Å²) in [6, 6.07) is 3.82. The summed E-state index contributed by atoms with van der Waals surface area (Å²) in [6.45, 7) is 3.70. The van der Waals surface area contributed by atoms with E-state index in [0.29, 0.717) is 17.2 Å². The maximum absolute atomic E-state index is 12.2. The monoisotopic (exact) mass is 307 g/mol. The number of amides is 1. The molecule has 1 amide bonds. The van der Waals surface area contributed by atoms with E-state index >= 15 is 0 Å². The van der Waals surface area contributed by atoms with Crippen LogP contribution in [0.5, 0.6) is 0 Å². The van der Waals surface area contributed by atoms with Gasteiger partial charge in [-0.3, -0.25) is 4.79 Å². The molecule has 1 aliphatic rings. The number of aliphatic hydroxyl groups excluding tert-OH is 1. The molecule has 0 radical (unpaired) electrons. The number of rotatable bonds is 4. The first-order valence-corrected chi connectivity index (χ1v) is 8.10. The summed E-state index contributed by atoms with van der Waals surface area (Å²) in [5, 5.41) is 11.8. The fourth-order valence-electron chi connectivity index (χ4n) is 2.34. The molecule has 0 aliphatic carbocycles. The quantitative estimate of drug-likeness (QED) is 0.837. The zero-order chi connectivity index (χ0) is 15.1. The van der Waals surface area contributed by atoms with Gasteiger partial charge in [0.2, 0.25) is 0 Å². The Morgan fingerprint density at radius 2 is 2.29 bits per heavy atom. The third-order valence-corrected chi connectivity index (χ3v) is 4.61. The minimum atomic E-state index is -0.0331. The van der Waals surface area contributed by atoms with Crippen LogP contribution in [0.15, 0.2) is 12.1 Å². The molecule has 2 N–H and O–H groups in total. The molecule has 1 aromatic heterocycles. The van der Waals surface area contributed by atoms with E-state index in [-0.39, 0.29) is 18.6 Å². The van der Waals surface area contributed by atoms with E-state index in [1.165, 1.54) is 11.3 Å². The molecule has 21 heavy (non-hydrogen) atoms. The van der Waals surface area contributed by atoms with Gasteiger partial charge in [0.1, 0.15) is 0 Å². The fourth-order valence-corrected chi connectivity index (χ4v) is 3.13. The molecule has 0 aromatic carbocycles. The number of hydrogen-bond acceptors (Lipinski definition) is 4. The lowest BCUT2D eigenvalue weighted by atomic mass is 9.93. The van der Waals surface area contributed by atoms with Crippen molar-refractivity contribution in [3.05, 3.63) is 21.9 Å². The van der Waals surface area contributed by atoms with Crippen LogP contribution in [0.2, 0.25) is 0 Å². The van der Waals surface area contributed by atoms with Crippen LogP contribution in [0.25, 0.3) is 0 Å². The summed E-state index contributed by atoms with van der Waals surface area (Å²) in [5.74, 6) is 6.27. The first-order chi connectivity index (χ1) is 10.2. The van der Waals surface area contributed by atoms with Gasteiger partial charge in [-0.25, -0.2) is 0 Å². The molecular weight excluding hydrogens is 286 g/mol. The second-order valence-electron chi connectivity index (χ2n) is 5.15. The maximum Gasteiger partial charge on any atom is 0.261 e. The minimum absolute atomic E-state index is 0.0331. The summed E-state index contributed by atoms with van der Waals surface area (Å²) in [6.07, 6.45) is 2.47. The molecule has 2 rings (SSSR count). The van der Waals surface area contributed by atoms with E-state index in [1.807, 2.05) is 6.07 Å². The van der Waals surface area contributed by atoms with Crippen molar-refractivity contribution < 1.29 is 14.6 Å². The largest absolute Gasteiger partial charge is 0.395 e. The van der Waals surface area contributed by atoms with Gasteiger partial charge in [0, 0.05) is 25.7 Å². The van der Waals surface area contributed by atoms with Crippen LogP contribution in [0.1, 0.15) is 40.7 Å². The lowest BCUT2D eigenvalue weighted by Crippen LogP contribution is -2.40. The number of carbonyl (C=O) groups excluding carboxylic acids is 1. The van der Waals surface area contributed by atoms with Crippen molar-refractivity contribution >= 4 is 17.2 Å². The van der Waals surface area contributed by atoms with E-state index in [9.17, 15) is 4.79 Å². The molecule has 2 heterocycles. The highest BCUT2D eigenvalue weighted by molar-refractivity contribution is 7.14. The number of thiophene rings is 1. The Kier molecular flexibility index (Phi) is 6.24. The Labute approximate surface area is 129 Å². The summed E-state index contributed by atoms with van der Waals surface area (Å²) in [7, 11) is 0. The van der Waals surface area contributed by atoms with Crippen LogP contribution < -0.4 is 5.32 Å². The van der Waals surface area contributed by atoms with Crippen molar-refractivity contribution in [2.45, 2.75) is 32.2 Å². The van der Waals surface area contributed by atoms with Crippen LogP contribution >= 0.6 is 11.3 Å². The number of ether oxygens (including phenoxy) is 1. The normalized spacial score (nSPS) is 16.9. The van der Waals surface area contributed by atoms with Gasteiger partial charge in [0.25, 0.3) is 5.91 Å². The predicted molar refractivity (Wildman–Crippen MR) is 83.4 cm³/mol. The standard InChI is InChI=1S/C16H21NO3S/c1-12(13-7-10-20-11-8-13)17-16(19)15-6-5-14(21-15)4-2-3-9-18/h5-6,12-13,18H,3,7-11H2,1H3,(H,17,19). The molecule has 1 unspecified atom stereocenters. The molecule has 0 saturated carbocycles. The van der Waals surface area contributed by atoms with Crippen molar-refractivity contribution in [1.82, 2.24) is 5.32 Å². The molecule has 0 bridgehead atoms. The van der Waals surface area contributed by atoms with Crippen LogP contribution in [-0.2, 0) is 4.74 Å². The van der Waals surface area contributed by atoms with Crippen molar-refractivity contribution in [2.75, 3.05) is 19.8 Å². The van der Waals surface area contributed by atoms with E-state index in [4.69, 9.17) is 9.84 Å². The average Bonchev–Trinajstić information content (AvgIpc) is 2.97. The first-order valence-electron chi connectivity index (χ1n) is 7.29. The first kappa shape index (κ1) is 16.0. The zero-order valence-electron chi connectivity index (χ0n) is 12.2. The summed E-state index contributed by atoms with van der Waals surface area (Å²) >= 11 is 1.39. The fraction of sp³-hybridized carbons (Fsp3) is 0.562. The minimum Gasteiger partial charge on any atom is -0.395 e. The van der Waals surface area contributed by atoms with Gasteiger partial charge in [-0.15, -0.1) is 11.3 Å². The molecule has 1 aliphatic heterocycles. The summed E-state index contributed by atoms with van der Waals surface area (Å²) in [4.78, 5) is 13.8. The molecule has 5 heteroatoms. The van der Waals surface area contributed by atoms with Crippen molar-refractivity contribution in [1.29, 1.82) is 0 Å². The van der Waals surface area contributed by atoms with Crippen molar-refractivity contribution in [2.24, 2.45) is 5.92 Å². The highest BCUT2D eigenvalue weighted by Gasteiger charge is 2.22. The molecule has 4 nitrogen and oxygen atoms in total. The van der Waals surface area contributed by atoms with Crippen LogP contribution in [0.3, 0.4) is 0 Å². The van der Waals surface area contributed by atoms with Crippen molar-refractivity contribution in [3.63, 3.8) is 0 Å². The molecule has 1 saturated heterocycles. The Morgan fingerprint density at radius 1 is 1.52 bits per heavy atom. The van der Waals surface area contributed by atoms with Gasteiger partial charge in [-0.2, -0.15) is 0 Å². The van der Waals surface area contributed by atoms with Crippen LogP contribution in [0, 0.1) is 17.8 Å². The lowest BCUT2D eigenvalue weighted by molar-refractivity contribution is 0.0539. The third-order valence-electron chi connectivity index (χ3n) is 3.61. The Hall–Kier alpha value is -1.35. The molecule has 1 aromatic rings. The van der Waals surface area contributed by atoms with E-state index < -0.39 is 0 Å². The zero-order valence-corrected chi connectivity index (χ0v) is 13.0. The average molecular weight is 307 g/mol. The highest BCUT2D eigenvalue weighted by Crippen LogP contribution is 2.20. The second kappa shape index (κ2) is 8.18. The smallest absolute Gasteiger partial charge is 0.261 e. The maximum atomic E-state index is 12.2. The Morgan fingerprint density at radius 3 is 3.00 bits per heavy atom. The Balaban J connectivity index is 1.89. The van der Waals surface area contributed by atoms with Crippen molar-refractivity contribution in [3.8, 4) is 11.8 Å². The molecule has 0 spiro atoms. The van der Waals surface area contributed by atoms with Gasteiger partial charge in [-0.1, -0.05) is 11.8 Å². The van der Waals surface area contributed by atoms with Gasteiger partial charge >= 0.3 is 0 Å². The van der Waals surface area contributed by atoms with Crippen LogP contribution in [-0.4, -0.2) is 36.9 Å². The number of nitrogens with one attached hydrogen (secondary N) is 1. The molecule has 1 fully saturated rings. The topological polar surface area (TPSA) is 58.6 Å². The highest BCUT2D eigenvalue weighted by atomic mass is 32.1. The number of carbonyl (C=O) groups is 1. The molecule has 114 valence electrons. The molecular formula is C16H21NO3S. The van der Waals surface area contributed by atoms with Gasteiger partial charge in [0.15, 0.2) is 0 Å². The van der Waals surface area contributed by atoms with E-state index in [0.717, 1.165) is 30.9 Å². The Bertz CT molecular complexity index is 523. The second-order valence-corrected chi connectivity index (χ2v) is 6.23. The van der Waals surface area contributed by atoms with Gasteiger partial charge < -0.3 is 15.2 Å². The summed E-state index contributed by atoms with van der Waals surface area (Å²) < 4.78 is 5.35. The summed E-state index contributed by atoms with van der Waals surface area (Å²) in [5.41, 5.74) is 0. The third kappa shape index (κ3) is 4.85. The lowest BCUT2D eigenvalue weighted by Gasteiger charge is -2.28. The predicted octanol–water partition coefficient (Wildman–Crippen LogP) is 2.03. The van der Waals surface area contributed by atoms with E-state index in [1.54, 1.807) is 6.07 Å². The number of aliphatic hydroxyl groups is 1. The SMILES string of the molecule is CC(NC(=O)c1ccc(C#CCCO)s1)C1CCOCC1. The number of hydrogen-bond donors (Lipinski definition) is 2. The van der Waals surface area contributed by atoms with Gasteiger partial charge in [-0.05, 0) is 37.8 Å². The van der Waals surface area contributed by atoms with E-state index in [2.05, 4.69) is 24.1 Å². The van der Waals surface area contributed by atoms with Crippen LogP contribution in [0.4, 0.5) is 0 Å². The molecule has 1 atom stereocenters.